The average molecular weight is 283 g/mol. The van der Waals surface area contributed by atoms with Crippen molar-refractivity contribution in [2.75, 3.05) is 0 Å². The van der Waals surface area contributed by atoms with Gasteiger partial charge in [0.05, 0.1) is 0 Å². The Morgan fingerprint density at radius 2 is 1.95 bits per heavy atom. The fourth-order valence-electron chi connectivity index (χ4n) is 3.25. The van der Waals surface area contributed by atoms with E-state index >= 15 is 0 Å². The van der Waals surface area contributed by atoms with E-state index in [1.54, 1.807) is 12.1 Å². The number of halogens is 1. The molecule has 0 aromatic heterocycles. The molecule has 3 rings (SSSR count). The first-order valence-electron chi connectivity index (χ1n) is 7.78. The fraction of sp³-hybridized carbons (Fsp3) is 0.368. The second-order valence-corrected chi connectivity index (χ2v) is 5.97. The van der Waals surface area contributed by atoms with Gasteiger partial charge in [-0.25, -0.2) is 4.39 Å². The summed E-state index contributed by atoms with van der Waals surface area (Å²) in [6.07, 6.45) is 3.08. The molecule has 1 N–H and O–H groups in total. The Morgan fingerprint density at radius 3 is 2.67 bits per heavy atom. The standard InChI is InChI=1S/C19H22FN/c1-3-18(14-6-4-13(2)5-7-14)21-19-11-8-15-12-16(20)9-10-17(15)19/h4-7,9-10,12,18-19,21H,3,8,11H2,1-2H3. The van der Waals surface area contributed by atoms with Crippen LogP contribution in [0.15, 0.2) is 42.5 Å². The van der Waals surface area contributed by atoms with Gasteiger partial charge in [-0.2, -0.15) is 0 Å². The Balaban J connectivity index is 1.78. The van der Waals surface area contributed by atoms with Crippen molar-refractivity contribution in [3.63, 3.8) is 0 Å². The summed E-state index contributed by atoms with van der Waals surface area (Å²) in [7, 11) is 0. The van der Waals surface area contributed by atoms with Crippen LogP contribution in [0, 0.1) is 12.7 Å². The molecule has 0 bridgehead atoms. The molecule has 110 valence electrons. The molecule has 1 aliphatic rings. The Labute approximate surface area is 126 Å². The van der Waals surface area contributed by atoms with Gasteiger partial charge in [-0.15, -0.1) is 0 Å². The minimum Gasteiger partial charge on any atom is -0.303 e. The molecule has 0 saturated heterocycles. The van der Waals surface area contributed by atoms with Crippen LogP contribution in [0.25, 0.3) is 0 Å². The van der Waals surface area contributed by atoms with Crippen LogP contribution in [0.4, 0.5) is 4.39 Å². The van der Waals surface area contributed by atoms with Gasteiger partial charge in [-0.05, 0) is 55.0 Å². The van der Waals surface area contributed by atoms with Gasteiger partial charge in [0.25, 0.3) is 0 Å². The summed E-state index contributed by atoms with van der Waals surface area (Å²) in [5.41, 5.74) is 5.04. The molecular weight excluding hydrogens is 261 g/mol. The van der Waals surface area contributed by atoms with Crippen molar-refractivity contribution in [1.82, 2.24) is 5.32 Å². The maximum Gasteiger partial charge on any atom is 0.123 e. The first kappa shape index (κ1) is 14.3. The minimum atomic E-state index is -0.125. The van der Waals surface area contributed by atoms with Gasteiger partial charge in [0.2, 0.25) is 0 Å². The molecule has 2 aromatic carbocycles. The number of hydrogen-bond donors (Lipinski definition) is 1. The Kier molecular flexibility index (Phi) is 4.07. The van der Waals surface area contributed by atoms with Crippen molar-refractivity contribution in [2.45, 2.75) is 45.2 Å². The molecule has 2 heteroatoms. The van der Waals surface area contributed by atoms with E-state index in [4.69, 9.17) is 0 Å². The third-order valence-electron chi connectivity index (χ3n) is 4.47. The van der Waals surface area contributed by atoms with Crippen LogP contribution in [0.3, 0.4) is 0 Å². The average Bonchev–Trinajstić information content (AvgIpc) is 2.88. The van der Waals surface area contributed by atoms with E-state index in [1.807, 2.05) is 6.07 Å². The zero-order chi connectivity index (χ0) is 14.8. The van der Waals surface area contributed by atoms with Gasteiger partial charge in [-0.1, -0.05) is 42.8 Å². The first-order valence-corrected chi connectivity index (χ1v) is 7.78. The third-order valence-corrected chi connectivity index (χ3v) is 4.47. The molecule has 2 unspecified atom stereocenters. The summed E-state index contributed by atoms with van der Waals surface area (Å²) < 4.78 is 13.3. The SMILES string of the molecule is CCC(NC1CCc2cc(F)ccc21)c1ccc(C)cc1. The van der Waals surface area contributed by atoms with E-state index in [2.05, 4.69) is 43.4 Å². The first-order chi connectivity index (χ1) is 10.2. The van der Waals surface area contributed by atoms with Gasteiger partial charge in [0.15, 0.2) is 0 Å². The minimum absolute atomic E-state index is 0.125. The van der Waals surface area contributed by atoms with Crippen molar-refractivity contribution >= 4 is 0 Å². The summed E-state index contributed by atoms with van der Waals surface area (Å²) in [5.74, 6) is -0.125. The molecule has 0 amide bonds. The van der Waals surface area contributed by atoms with Crippen LogP contribution in [-0.2, 0) is 6.42 Å². The Bertz CT molecular complexity index is 618. The van der Waals surface area contributed by atoms with Crippen LogP contribution in [0.2, 0.25) is 0 Å². The van der Waals surface area contributed by atoms with Gasteiger partial charge < -0.3 is 5.32 Å². The molecule has 2 aromatic rings. The lowest BCUT2D eigenvalue weighted by Crippen LogP contribution is -2.24. The molecule has 1 aliphatic carbocycles. The summed E-state index contributed by atoms with van der Waals surface area (Å²) in [6, 6.07) is 14.6. The predicted octanol–water partition coefficient (Wildman–Crippen LogP) is 4.86. The van der Waals surface area contributed by atoms with Crippen molar-refractivity contribution in [1.29, 1.82) is 0 Å². The number of benzene rings is 2. The van der Waals surface area contributed by atoms with E-state index in [0.717, 1.165) is 24.8 Å². The van der Waals surface area contributed by atoms with E-state index < -0.39 is 0 Å². The molecule has 0 aliphatic heterocycles. The van der Waals surface area contributed by atoms with Crippen LogP contribution in [-0.4, -0.2) is 0 Å². The normalized spacial score (nSPS) is 18.5. The van der Waals surface area contributed by atoms with E-state index in [9.17, 15) is 4.39 Å². The van der Waals surface area contributed by atoms with Crippen LogP contribution in [0.5, 0.6) is 0 Å². The number of rotatable bonds is 4. The van der Waals surface area contributed by atoms with E-state index in [1.165, 1.54) is 16.7 Å². The predicted molar refractivity (Wildman–Crippen MR) is 84.8 cm³/mol. The fourth-order valence-corrected chi connectivity index (χ4v) is 3.25. The summed E-state index contributed by atoms with van der Waals surface area (Å²) in [6.45, 7) is 4.32. The summed E-state index contributed by atoms with van der Waals surface area (Å²) in [4.78, 5) is 0. The lowest BCUT2D eigenvalue weighted by molar-refractivity contribution is 0.433. The zero-order valence-corrected chi connectivity index (χ0v) is 12.7. The topological polar surface area (TPSA) is 12.0 Å². The van der Waals surface area contributed by atoms with Crippen molar-refractivity contribution in [3.8, 4) is 0 Å². The van der Waals surface area contributed by atoms with Gasteiger partial charge >= 0.3 is 0 Å². The molecule has 0 saturated carbocycles. The highest BCUT2D eigenvalue weighted by Gasteiger charge is 2.25. The molecule has 0 fully saturated rings. The van der Waals surface area contributed by atoms with Crippen LogP contribution in [0.1, 0.15) is 54.1 Å². The lowest BCUT2D eigenvalue weighted by atomic mass is 10.0. The van der Waals surface area contributed by atoms with Crippen LogP contribution < -0.4 is 5.32 Å². The van der Waals surface area contributed by atoms with Crippen molar-refractivity contribution in [2.24, 2.45) is 0 Å². The molecule has 0 spiro atoms. The second-order valence-electron chi connectivity index (χ2n) is 5.97. The van der Waals surface area contributed by atoms with E-state index in [-0.39, 0.29) is 5.82 Å². The largest absolute Gasteiger partial charge is 0.303 e. The highest BCUT2D eigenvalue weighted by molar-refractivity contribution is 5.35. The van der Waals surface area contributed by atoms with Gasteiger partial charge in [-0.3, -0.25) is 0 Å². The molecule has 21 heavy (non-hydrogen) atoms. The maximum absolute atomic E-state index is 13.3. The molecule has 2 atom stereocenters. The number of aryl methyl sites for hydroxylation is 2. The Hall–Kier alpha value is -1.67. The highest BCUT2D eigenvalue weighted by atomic mass is 19.1. The van der Waals surface area contributed by atoms with Gasteiger partial charge in [0.1, 0.15) is 5.82 Å². The quantitative estimate of drug-likeness (QED) is 0.844. The molecular formula is C19H22FN. The van der Waals surface area contributed by atoms with Crippen molar-refractivity contribution in [3.05, 3.63) is 70.5 Å². The second kappa shape index (κ2) is 5.98. The Morgan fingerprint density at radius 1 is 1.19 bits per heavy atom. The zero-order valence-electron chi connectivity index (χ0n) is 12.7. The molecule has 1 nitrogen and oxygen atoms in total. The van der Waals surface area contributed by atoms with Gasteiger partial charge in [0, 0.05) is 12.1 Å². The number of nitrogens with one attached hydrogen (secondary N) is 1. The molecule has 0 heterocycles. The number of fused-ring (bicyclic) bond motifs is 1. The smallest absolute Gasteiger partial charge is 0.123 e. The third kappa shape index (κ3) is 3.01. The van der Waals surface area contributed by atoms with Crippen molar-refractivity contribution < 1.29 is 4.39 Å². The monoisotopic (exact) mass is 283 g/mol. The van der Waals surface area contributed by atoms with E-state index in [0.29, 0.717) is 12.1 Å². The molecule has 0 radical (unpaired) electrons. The maximum atomic E-state index is 13.3. The lowest BCUT2D eigenvalue weighted by Gasteiger charge is -2.23. The highest BCUT2D eigenvalue weighted by Crippen LogP contribution is 2.34. The van der Waals surface area contributed by atoms with Crippen LogP contribution >= 0.6 is 0 Å². The number of hydrogen-bond acceptors (Lipinski definition) is 1. The summed E-state index contributed by atoms with van der Waals surface area (Å²) in [5, 5.41) is 3.75. The summed E-state index contributed by atoms with van der Waals surface area (Å²) >= 11 is 0.